The van der Waals surface area contributed by atoms with Crippen LogP contribution in [0, 0.1) is 5.82 Å². The first kappa shape index (κ1) is 11.2. The summed E-state index contributed by atoms with van der Waals surface area (Å²) in [7, 11) is 0. The Morgan fingerprint density at radius 1 is 1.27 bits per heavy atom. The van der Waals surface area contributed by atoms with Crippen LogP contribution in [0.5, 0.6) is 5.75 Å². The van der Waals surface area contributed by atoms with Crippen LogP contribution in [0.1, 0.15) is 23.2 Å². The molecule has 5 heteroatoms. The molecule has 1 aromatic carbocycles. The van der Waals surface area contributed by atoms with Crippen LogP contribution in [-0.4, -0.2) is 22.0 Å². The Labute approximate surface area is 85.0 Å². The summed E-state index contributed by atoms with van der Waals surface area (Å²) in [4.78, 5) is 21.5. The average molecular weight is 212 g/mol. The van der Waals surface area contributed by atoms with E-state index in [-0.39, 0.29) is 12.8 Å². The lowest BCUT2D eigenvalue weighted by molar-refractivity contribution is -0.136. The van der Waals surface area contributed by atoms with Crippen molar-refractivity contribution in [1.82, 2.24) is 0 Å². The van der Waals surface area contributed by atoms with E-state index in [2.05, 4.69) is 0 Å². The van der Waals surface area contributed by atoms with Gasteiger partial charge in [0.15, 0.2) is 5.78 Å². The van der Waals surface area contributed by atoms with E-state index in [9.17, 15) is 19.1 Å². The summed E-state index contributed by atoms with van der Waals surface area (Å²) in [5.74, 6) is -3.16. The zero-order valence-corrected chi connectivity index (χ0v) is 7.74. The number of phenols is 1. The first-order valence-corrected chi connectivity index (χ1v) is 4.25. The number of phenolic OH excluding ortho intramolecular Hbond substituents is 1. The zero-order valence-electron chi connectivity index (χ0n) is 7.74. The van der Waals surface area contributed by atoms with Gasteiger partial charge in [0.25, 0.3) is 0 Å². The number of Topliss-reactive ketones (excluding diaryl/α,β-unsaturated/α-hetero) is 1. The highest BCUT2D eigenvalue weighted by atomic mass is 19.1. The number of hydrogen-bond donors (Lipinski definition) is 2. The highest BCUT2D eigenvalue weighted by molar-refractivity contribution is 5.99. The van der Waals surface area contributed by atoms with E-state index in [1.807, 2.05) is 0 Å². The zero-order chi connectivity index (χ0) is 11.4. The Bertz CT molecular complexity index is 380. The van der Waals surface area contributed by atoms with Crippen LogP contribution in [0.3, 0.4) is 0 Å². The summed E-state index contributed by atoms with van der Waals surface area (Å²) in [6.07, 6.45) is -0.712. The lowest BCUT2D eigenvalue weighted by Crippen LogP contribution is -2.06. The fraction of sp³-hybridized carbons (Fsp3) is 0.200. The molecule has 2 N–H and O–H groups in total. The number of carboxylic acids is 1. The number of hydrogen-bond acceptors (Lipinski definition) is 3. The monoisotopic (exact) mass is 212 g/mol. The third-order valence-electron chi connectivity index (χ3n) is 1.84. The molecule has 0 bridgehead atoms. The quantitative estimate of drug-likeness (QED) is 0.743. The molecule has 4 nitrogen and oxygen atoms in total. The summed E-state index contributed by atoms with van der Waals surface area (Å²) >= 11 is 0. The first-order valence-electron chi connectivity index (χ1n) is 4.25. The smallest absolute Gasteiger partial charge is 0.303 e. The van der Waals surface area contributed by atoms with E-state index in [0.717, 1.165) is 6.07 Å². The summed E-state index contributed by atoms with van der Waals surface area (Å²) < 4.78 is 13.1. The van der Waals surface area contributed by atoms with Crippen LogP contribution in [0.4, 0.5) is 4.39 Å². The number of carboxylic acid groups (broad SMARTS) is 1. The Morgan fingerprint density at radius 2 is 1.93 bits per heavy atom. The van der Waals surface area contributed by atoms with Crippen LogP contribution >= 0.6 is 0 Å². The molecule has 1 aromatic rings. The number of carbonyl (C=O) groups is 2. The molecule has 0 heterocycles. The maximum Gasteiger partial charge on any atom is 0.303 e. The third kappa shape index (κ3) is 2.77. The van der Waals surface area contributed by atoms with Gasteiger partial charge >= 0.3 is 5.97 Å². The van der Waals surface area contributed by atoms with E-state index in [1.54, 1.807) is 0 Å². The van der Waals surface area contributed by atoms with Gasteiger partial charge in [-0.3, -0.25) is 9.59 Å². The van der Waals surface area contributed by atoms with Gasteiger partial charge in [0.2, 0.25) is 0 Å². The average Bonchev–Trinajstić information content (AvgIpc) is 2.14. The molecule has 15 heavy (non-hydrogen) atoms. The molecule has 0 atom stereocenters. The predicted octanol–water partition coefficient (Wildman–Crippen LogP) is 1.58. The van der Waals surface area contributed by atoms with Crippen molar-refractivity contribution in [1.29, 1.82) is 0 Å². The lowest BCUT2D eigenvalue weighted by atomic mass is 10.1. The second kappa shape index (κ2) is 4.54. The highest BCUT2D eigenvalue weighted by Gasteiger charge is 2.16. The number of halogens is 1. The molecular weight excluding hydrogens is 203 g/mol. The Kier molecular flexibility index (Phi) is 3.38. The van der Waals surface area contributed by atoms with E-state index in [1.165, 1.54) is 12.1 Å². The number of aliphatic carboxylic acids is 1. The minimum absolute atomic E-state index is 0.330. The molecule has 0 saturated carbocycles. The van der Waals surface area contributed by atoms with Crippen molar-refractivity contribution < 1.29 is 24.2 Å². The van der Waals surface area contributed by atoms with Gasteiger partial charge in [-0.2, -0.15) is 0 Å². The summed E-state index contributed by atoms with van der Waals surface area (Å²) in [5, 5.41) is 17.6. The van der Waals surface area contributed by atoms with E-state index in [4.69, 9.17) is 5.11 Å². The fourth-order valence-corrected chi connectivity index (χ4v) is 1.13. The van der Waals surface area contributed by atoms with Crippen LogP contribution < -0.4 is 0 Å². The van der Waals surface area contributed by atoms with Gasteiger partial charge in [0.1, 0.15) is 11.6 Å². The van der Waals surface area contributed by atoms with Gasteiger partial charge in [0, 0.05) is 6.42 Å². The van der Waals surface area contributed by atoms with Crippen molar-refractivity contribution in [2.45, 2.75) is 12.8 Å². The van der Waals surface area contributed by atoms with Crippen molar-refractivity contribution in [2.24, 2.45) is 0 Å². The van der Waals surface area contributed by atoms with Crippen LogP contribution in [0.25, 0.3) is 0 Å². The third-order valence-corrected chi connectivity index (χ3v) is 1.84. The van der Waals surface area contributed by atoms with Crippen molar-refractivity contribution in [3.63, 3.8) is 0 Å². The highest BCUT2D eigenvalue weighted by Crippen LogP contribution is 2.21. The van der Waals surface area contributed by atoms with Crippen LogP contribution in [-0.2, 0) is 4.79 Å². The maximum absolute atomic E-state index is 13.1. The number of carbonyl (C=O) groups excluding carboxylic acids is 1. The van der Waals surface area contributed by atoms with Crippen LogP contribution in [0.2, 0.25) is 0 Å². The second-order valence-corrected chi connectivity index (χ2v) is 2.95. The fourth-order valence-electron chi connectivity index (χ4n) is 1.13. The minimum Gasteiger partial charge on any atom is -0.507 e. The van der Waals surface area contributed by atoms with E-state index in [0.29, 0.717) is 0 Å². The first-order chi connectivity index (χ1) is 7.02. The second-order valence-electron chi connectivity index (χ2n) is 2.95. The molecule has 0 spiro atoms. The number of benzene rings is 1. The van der Waals surface area contributed by atoms with E-state index < -0.39 is 28.9 Å². The molecule has 0 amide bonds. The molecule has 0 radical (unpaired) electrons. The normalized spacial score (nSPS) is 9.93. The molecule has 0 aromatic heterocycles. The Hall–Kier alpha value is -1.91. The minimum atomic E-state index is -1.14. The summed E-state index contributed by atoms with van der Waals surface area (Å²) in [6, 6.07) is 3.48. The molecule has 80 valence electrons. The van der Waals surface area contributed by atoms with Gasteiger partial charge in [0.05, 0.1) is 12.0 Å². The van der Waals surface area contributed by atoms with Crippen molar-refractivity contribution >= 4 is 11.8 Å². The standard InChI is InChI=1S/C10H9FO4/c11-6-2-1-3-7(12)10(6)8(13)4-5-9(14)15/h1-3,12H,4-5H2,(H,14,15). The topological polar surface area (TPSA) is 74.6 Å². The van der Waals surface area contributed by atoms with E-state index >= 15 is 0 Å². The van der Waals surface area contributed by atoms with Gasteiger partial charge in [-0.15, -0.1) is 0 Å². The molecule has 1 rings (SSSR count). The van der Waals surface area contributed by atoms with Gasteiger partial charge in [-0.05, 0) is 12.1 Å². The largest absolute Gasteiger partial charge is 0.507 e. The summed E-state index contributed by atoms with van der Waals surface area (Å²) in [6.45, 7) is 0. The summed E-state index contributed by atoms with van der Waals surface area (Å²) in [5.41, 5.74) is -0.446. The molecule has 0 unspecified atom stereocenters. The SMILES string of the molecule is O=C(O)CCC(=O)c1c(O)cccc1F. The number of aromatic hydroxyl groups is 1. The number of ketones is 1. The molecule has 0 aliphatic rings. The Morgan fingerprint density at radius 3 is 2.47 bits per heavy atom. The van der Waals surface area contributed by atoms with Crippen molar-refractivity contribution in [2.75, 3.05) is 0 Å². The van der Waals surface area contributed by atoms with Gasteiger partial charge < -0.3 is 10.2 Å². The van der Waals surface area contributed by atoms with Crippen LogP contribution in [0.15, 0.2) is 18.2 Å². The molecule has 0 aliphatic carbocycles. The van der Waals surface area contributed by atoms with Gasteiger partial charge in [-0.25, -0.2) is 4.39 Å². The predicted molar refractivity (Wildman–Crippen MR) is 49.3 cm³/mol. The molecule has 0 fully saturated rings. The molecule has 0 aliphatic heterocycles. The van der Waals surface area contributed by atoms with Crippen molar-refractivity contribution in [3.05, 3.63) is 29.6 Å². The number of rotatable bonds is 4. The lowest BCUT2D eigenvalue weighted by Gasteiger charge is -2.03. The van der Waals surface area contributed by atoms with Crippen molar-refractivity contribution in [3.8, 4) is 5.75 Å². The maximum atomic E-state index is 13.1. The molecular formula is C10H9FO4. The van der Waals surface area contributed by atoms with Gasteiger partial charge in [-0.1, -0.05) is 6.07 Å². The Balaban J connectivity index is 2.86. The molecule has 0 saturated heterocycles.